The second-order valence-electron chi connectivity index (χ2n) is 4.69. The number of hydrogen-bond donors (Lipinski definition) is 1. The van der Waals surface area contributed by atoms with Gasteiger partial charge in [-0.1, -0.05) is 0 Å². The number of piperidine rings is 1. The number of likely N-dealkylation sites (tertiary alicyclic amines) is 1. The van der Waals surface area contributed by atoms with E-state index >= 15 is 0 Å². The number of aromatic nitrogens is 1. The minimum absolute atomic E-state index is 0.0694. The summed E-state index contributed by atoms with van der Waals surface area (Å²) in [6, 6.07) is 0. The molecule has 5 nitrogen and oxygen atoms in total. The van der Waals surface area contributed by atoms with Gasteiger partial charge in [0.25, 0.3) is 5.91 Å². The molecule has 1 amide bonds. The Bertz CT molecular complexity index is 445. The molecule has 2 heterocycles. The predicted octanol–water partition coefficient (Wildman–Crippen LogP) is 2.13. The molecule has 0 aromatic carbocycles. The third-order valence-corrected chi connectivity index (χ3v) is 4.33. The summed E-state index contributed by atoms with van der Waals surface area (Å²) in [6.45, 7) is 6.07. The number of nitrogens with one attached hydrogen (secondary N) is 1. The molecule has 0 saturated carbocycles. The standard InChI is InChI=1S/C13H21N3O2S/c1-4-18-10-6-5-7-16(8-10)13(17)11-9(2)15-19-12(11)14-3/h10,14H,4-8H2,1-3H3/t10-/m1/s1. The molecule has 19 heavy (non-hydrogen) atoms. The van der Waals surface area contributed by atoms with Gasteiger partial charge in [0.05, 0.1) is 17.4 Å². The Labute approximate surface area is 118 Å². The molecule has 6 heteroatoms. The van der Waals surface area contributed by atoms with Gasteiger partial charge >= 0.3 is 0 Å². The number of aryl methyl sites for hydroxylation is 1. The van der Waals surface area contributed by atoms with E-state index in [1.165, 1.54) is 11.5 Å². The highest BCUT2D eigenvalue weighted by Gasteiger charge is 2.28. The number of amides is 1. The second kappa shape index (κ2) is 6.34. The first-order chi connectivity index (χ1) is 9.17. The van der Waals surface area contributed by atoms with Gasteiger partial charge in [-0.2, -0.15) is 4.37 Å². The lowest BCUT2D eigenvalue weighted by Crippen LogP contribution is -2.43. The molecule has 0 bridgehead atoms. The lowest BCUT2D eigenvalue weighted by atomic mass is 10.1. The fourth-order valence-corrected chi connectivity index (χ4v) is 3.18. The predicted molar refractivity (Wildman–Crippen MR) is 76.9 cm³/mol. The van der Waals surface area contributed by atoms with Crippen LogP contribution in [0.25, 0.3) is 0 Å². The van der Waals surface area contributed by atoms with Crippen molar-refractivity contribution in [3.8, 4) is 0 Å². The van der Waals surface area contributed by atoms with E-state index < -0.39 is 0 Å². The molecule has 1 aliphatic heterocycles. The summed E-state index contributed by atoms with van der Waals surface area (Å²) in [7, 11) is 1.82. The Morgan fingerprint density at radius 2 is 2.42 bits per heavy atom. The van der Waals surface area contributed by atoms with Gasteiger partial charge in [0.2, 0.25) is 0 Å². The van der Waals surface area contributed by atoms with E-state index in [-0.39, 0.29) is 12.0 Å². The molecule has 1 N–H and O–H groups in total. The molecule has 106 valence electrons. The van der Waals surface area contributed by atoms with Crippen molar-refractivity contribution in [2.24, 2.45) is 0 Å². The number of rotatable bonds is 4. The van der Waals surface area contributed by atoms with Crippen LogP contribution in [-0.4, -0.2) is 48.0 Å². The largest absolute Gasteiger partial charge is 0.378 e. The molecule has 1 atom stereocenters. The van der Waals surface area contributed by atoms with Crippen LogP contribution in [0, 0.1) is 6.92 Å². The van der Waals surface area contributed by atoms with Crippen molar-refractivity contribution in [2.75, 3.05) is 32.1 Å². The van der Waals surface area contributed by atoms with Crippen molar-refractivity contribution in [1.29, 1.82) is 0 Å². The number of carbonyl (C=O) groups is 1. The number of nitrogens with zero attached hydrogens (tertiary/aromatic N) is 2. The molecule has 0 unspecified atom stereocenters. The van der Waals surface area contributed by atoms with Crippen molar-refractivity contribution in [3.05, 3.63) is 11.3 Å². The van der Waals surface area contributed by atoms with Crippen LogP contribution in [0.3, 0.4) is 0 Å². The smallest absolute Gasteiger partial charge is 0.258 e. The van der Waals surface area contributed by atoms with Crippen LogP contribution in [-0.2, 0) is 4.74 Å². The zero-order valence-electron chi connectivity index (χ0n) is 11.7. The van der Waals surface area contributed by atoms with Crippen LogP contribution in [0.4, 0.5) is 5.00 Å². The number of hydrogen-bond acceptors (Lipinski definition) is 5. The monoisotopic (exact) mass is 283 g/mol. The van der Waals surface area contributed by atoms with Gasteiger partial charge in [0.15, 0.2) is 0 Å². The zero-order chi connectivity index (χ0) is 13.8. The maximum absolute atomic E-state index is 12.6. The van der Waals surface area contributed by atoms with Crippen LogP contribution >= 0.6 is 11.5 Å². The quantitative estimate of drug-likeness (QED) is 0.920. The first-order valence-electron chi connectivity index (χ1n) is 6.72. The second-order valence-corrected chi connectivity index (χ2v) is 5.47. The summed E-state index contributed by atoms with van der Waals surface area (Å²) in [5.41, 5.74) is 1.52. The van der Waals surface area contributed by atoms with E-state index in [1.54, 1.807) is 0 Å². The normalized spacial score (nSPS) is 19.5. The minimum atomic E-state index is 0.0694. The SMILES string of the molecule is CCO[C@@H]1CCCN(C(=O)c2c(C)nsc2NC)C1. The molecule has 1 aromatic heterocycles. The Morgan fingerprint density at radius 3 is 3.11 bits per heavy atom. The fraction of sp³-hybridized carbons (Fsp3) is 0.692. The van der Waals surface area contributed by atoms with E-state index in [1.807, 2.05) is 25.8 Å². The van der Waals surface area contributed by atoms with E-state index in [4.69, 9.17) is 4.74 Å². The number of ether oxygens (including phenoxy) is 1. The average molecular weight is 283 g/mol. The van der Waals surface area contributed by atoms with Crippen LogP contribution in [0.15, 0.2) is 0 Å². The molecule has 1 saturated heterocycles. The molecule has 1 aliphatic rings. The number of anilines is 1. The summed E-state index contributed by atoms with van der Waals surface area (Å²) < 4.78 is 9.90. The average Bonchev–Trinajstić information content (AvgIpc) is 2.80. The van der Waals surface area contributed by atoms with Gasteiger partial charge in [-0.15, -0.1) is 0 Å². The fourth-order valence-electron chi connectivity index (χ4n) is 2.44. The van der Waals surface area contributed by atoms with Crippen LogP contribution in [0.2, 0.25) is 0 Å². The maximum Gasteiger partial charge on any atom is 0.258 e. The number of carbonyl (C=O) groups excluding carboxylic acids is 1. The first kappa shape index (κ1) is 14.3. The van der Waals surface area contributed by atoms with Gasteiger partial charge in [0, 0.05) is 26.7 Å². The van der Waals surface area contributed by atoms with Gasteiger partial charge in [0.1, 0.15) is 5.00 Å². The summed E-state index contributed by atoms with van der Waals surface area (Å²) in [5, 5.41) is 3.90. The van der Waals surface area contributed by atoms with Crippen LogP contribution in [0.5, 0.6) is 0 Å². The maximum atomic E-state index is 12.6. The van der Waals surface area contributed by atoms with Crippen LogP contribution < -0.4 is 5.32 Å². The Morgan fingerprint density at radius 1 is 1.63 bits per heavy atom. The summed E-state index contributed by atoms with van der Waals surface area (Å²) in [6.07, 6.45) is 2.21. The zero-order valence-corrected chi connectivity index (χ0v) is 12.5. The van der Waals surface area contributed by atoms with Gasteiger partial charge < -0.3 is 15.0 Å². The van der Waals surface area contributed by atoms with Crippen LogP contribution in [0.1, 0.15) is 35.8 Å². The Hall–Kier alpha value is -1.14. The van der Waals surface area contributed by atoms with Crippen molar-refractivity contribution < 1.29 is 9.53 Å². The molecular formula is C13H21N3O2S. The van der Waals surface area contributed by atoms with Crippen molar-refractivity contribution >= 4 is 22.4 Å². The lowest BCUT2D eigenvalue weighted by Gasteiger charge is -2.32. The van der Waals surface area contributed by atoms with Crippen molar-refractivity contribution in [3.63, 3.8) is 0 Å². The Balaban J connectivity index is 2.12. The molecule has 0 radical (unpaired) electrons. The molecule has 0 aliphatic carbocycles. The van der Waals surface area contributed by atoms with E-state index in [0.717, 1.165) is 30.1 Å². The van der Waals surface area contributed by atoms with E-state index in [0.29, 0.717) is 18.7 Å². The van der Waals surface area contributed by atoms with Gasteiger partial charge in [-0.25, -0.2) is 0 Å². The highest BCUT2D eigenvalue weighted by atomic mass is 32.1. The topological polar surface area (TPSA) is 54.5 Å². The van der Waals surface area contributed by atoms with Gasteiger partial charge in [-0.3, -0.25) is 4.79 Å². The third-order valence-electron chi connectivity index (χ3n) is 3.37. The van der Waals surface area contributed by atoms with Crippen molar-refractivity contribution in [2.45, 2.75) is 32.8 Å². The molecule has 0 spiro atoms. The summed E-state index contributed by atoms with van der Waals surface area (Å²) in [5.74, 6) is 0.0694. The van der Waals surface area contributed by atoms with E-state index in [9.17, 15) is 4.79 Å². The van der Waals surface area contributed by atoms with Crippen molar-refractivity contribution in [1.82, 2.24) is 9.27 Å². The highest BCUT2D eigenvalue weighted by Crippen LogP contribution is 2.26. The highest BCUT2D eigenvalue weighted by molar-refractivity contribution is 7.10. The summed E-state index contributed by atoms with van der Waals surface area (Å²) in [4.78, 5) is 14.5. The molecule has 1 aromatic rings. The van der Waals surface area contributed by atoms with E-state index in [2.05, 4.69) is 9.69 Å². The molecule has 1 fully saturated rings. The summed E-state index contributed by atoms with van der Waals surface area (Å²) >= 11 is 1.34. The minimum Gasteiger partial charge on any atom is -0.378 e. The Kier molecular flexibility index (Phi) is 4.76. The first-order valence-corrected chi connectivity index (χ1v) is 7.49. The molecule has 2 rings (SSSR count). The van der Waals surface area contributed by atoms with Gasteiger partial charge in [-0.05, 0) is 38.2 Å². The molecular weight excluding hydrogens is 262 g/mol. The third kappa shape index (κ3) is 3.06. The lowest BCUT2D eigenvalue weighted by molar-refractivity contribution is 0.00725.